The van der Waals surface area contributed by atoms with Crippen molar-refractivity contribution in [1.29, 1.82) is 0 Å². The maximum Gasteiger partial charge on any atom is 0.251 e. The van der Waals surface area contributed by atoms with Crippen molar-refractivity contribution in [3.05, 3.63) is 69.7 Å². The number of rotatable bonds is 4. The largest absolute Gasteiger partial charge is 0.351 e. The lowest BCUT2D eigenvalue weighted by Gasteiger charge is -2.25. The average Bonchev–Trinajstić information content (AvgIpc) is 2.48. The van der Waals surface area contributed by atoms with Crippen LogP contribution in [0.2, 0.25) is 10.0 Å². The Balaban J connectivity index is 2.05. The highest BCUT2D eigenvalue weighted by atomic mass is 35.5. The standard InChI is InChI=1S/C17H17Cl2NO/c1-17(2,13-6-4-3-5-7-13)11-20-16(21)12-8-9-14(18)15(19)10-12/h3-10H,11H2,1-2H3,(H,20,21). The van der Waals surface area contributed by atoms with Gasteiger partial charge >= 0.3 is 0 Å². The molecule has 2 aromatic rings. The molecule has 0 saturated carbocycles. The predicted octanol–water partition coefficient (Wildman–Crippen LogP) is 4.70. The van der Waals surface area contributed by atoms with Crippen molar-refractivity contribution >= 4 is 29.1 Å². The third-order valence-electron chi connectivity index (χ3n) is 3.43. The lowest BCUT2D eigenvalue weighted by Crippen LogP contribution is -2.36. The molecule has 110 valence electrons. The highest BCUT2D eigenvalue weighted by Gasteiger charge is 2.21. The maximum absolute atomic E-state index is 12.2. The summed E-state index contributed by atoms with van der Waals surface area (Å²) in [6, 6.07) is 15.0. The van der Waals surface area contributed by atoms with Gasteiger partial charge in [0, 0.05) is 17.5 Å². The number of carbonyl (C=O) groups excluding carboxylic acids is 1. The normalized spacial score (nSPS) is 11.2. The van der Waals surface area contributed by atoms with Gasteiger partial charge in [0.2, 0.25) is 0 Å². The second-order valence-electron chi connectivity index (χ2n) is 5.56. The fraction of sp³-hybridized carbons (Fsp3) is 0.235. The number of carbonyl (C=O) groups is 1. The summed E-state index contributed by atoms with van der Waals surface area (Å²) < 4.78 is 0. The minimum Gasteiger partial charge on any atom is -0.351 e. The Bertz CT molecular complexity index is 638. The van der Waals surface area contributed by atoms with Gasteiger partial charge in [-0.1, -0.05) is 67.4 Å². The van der Waals surface area contributed by atoms with Crippen molar-refractivity contribution in [3.63, 3.8) is 0 Å². The van der Waals surface area contributed by atoms with Gasteiger partial charge in [-0.2, -0.15) is 0 Å². The zero-order valence-corrected chi connectivity index (χ0v) is 13.5. The van der Waals surface area contributed by atoms with Crippen LogP contribution in [0.25, 0.3) is 0 Å². The van der Waals surface area contributed by atoms with Crippen LogP contribution in [0.4, 0.5) is 0 Å². The minimum atomic E-state index is -0.155. The van der Waals surface area contributed by atoms with Crippen molar-refractivity contribution in [2.24, 2.45) is 0 Å². The number of hydrogen-bond acceptors (Lipinski definition) is 1. The summed E-state index contributed by atoms with van der Waals surface area (Å²) in [5.41, 5.74) is 1.54. The smallest absolute Gasteiger partial charge is 0.251 e. The second-order valence-corrected chi connectivity index (χ2v) is 6.38. The Hall–Kier alpha value is -1.51. The van der Waals surface area contributed by atoms with E-state index in [0.717, 1.165) is 0 Å². The van der Waals surface area contributed by atoms with Gasteiger partial charge in [-0.3, -0.25) is 4.79 Å². The Labute approximate surface area is 135 Å². The first kappa shape index (κ1) is 15.9. The molecule has 0 spiro atoms. The molecule has 0 radical (unpaired) electrons. The molecule has 0 saturated heterocycles. The summed E-state index contributed by atoms with van der Waals surface area (Å²) in [5, 5.41) is 3.77. The molecule has 0 unspecified atom stereocenters. The molecule has 1 amide bonds. The number of hydrogen-bond donors (Lipinski definition) is 1. The fourth-order valence-electron chi connectivity index (χ4n) is 2.03. The average molecular weight is 322 g/mol. The topological polar surface area (TPSA) is 29.1 Å². The van der Waals surface area contributed by atoms with E-state index in [-0.39, 0.29) is 11.3 Å². The fourth-order valence-corrected chi connectivity index (χ4v) is 2.33. The molecule has 2 aromatic carbocycles. The lowest BCUT2D eigenvalue weighted by molar-refractivity contribution is 0.0945. The van der Waals surface area contributed by atoms with Crippen molar-refractivity contribution < 1.29 is 4.79 Å². The summed E-state index contributed by atoms with van der Waals surface area (Å²) in [4.78, 5) is 12.2. The van der Waals surface area contributed by atoms with Crippen LogP contribution < -0.4 is 5.32 Å². The Morgan fingerprint density at radius 3 is 2.33 bits per heavy atom. The SMILES string of the molecule is CC(C)(CNC(=O)c1ccc(Cl)c(Cl)c1)c1ccccc1. The number of nitrogens with one attached hydrogen (secondary N) is 1. The van der Waals surface area contributed by atoms with Crippen LogP contribution in [0.5, 0.6) is 0 Å². The molecular formula is C17H17Cl2NO. The van der Waals surface area contributed by atoms with Gasteiger partial charge in [-0.25, -0.2) is 0 Å². The zero-order chi connectivity index (χ0) is 15.5. The molecule has 0 aromatic heterocycles. The maximum atomic E-state index is 12.2. The highest BCUT2D eigenvalue weighted by molar-refractivity contribution is 6.42. The molecule has 0 fully saturated rings. The molecule has 2 rings (SSSR count). The first-order valence-corrected chi connectivity index (χ1v) is 7.44. The van der Waals surface area contributed by atoms with Gasteiger partial charge in [-0.15, -0.1) is 0 Å². The number of halogens is 2. The van der Waals surface area contributed by atoms with Crippen molar-refractivity contribution in [1.82, 2.24) is 5.32 Å². The molecular weight excluding hydrogens is 305 g/mol. The summed E-state index contributed by atoms with van der Waals surface area (Å²) in [6.45, 7) is 4.73. The molecule has 1 N–H and O–H groups in total. The summed E-state index contributed by atoms with van der Waals surface area (Å²) in [6.07, 6.45) is 0. The summed E-state index contributed by atoms with van der Waals surface area (Å²) in [5.74, 6) is -0.155. The van der Waals surface area contributed by atoms with E-state index < -0.39 is 0 Å². The van der Waals surface area contributed by atoms with Crippen molar-refractivity contribution in [3.8, 4) is 0 Å². The van der Waals surface area contributed by atoms with Crippen LogP contribution >= 0.6 is 23.2 Å². The van der Waals surface area contributed by atoms with Crippen LogP contribution in [0, 0.1) is 0 Å². The monoisotopic (exact) mass is 321 g/mol. The van der Waals surface area contributed by atoms with Crippen LogP contribution in [0.3, 0.4) is 0 Å². The van der Waals surface area contributed by atoms with Gasteiger partial charge in [-0.05, 0) is 23.8 Å². The Morgan fingerprint density at radius 2 is 1.71 bits per heavy atom. The highest BCUT2D eigenvalue weighted by Crippen LogP contribution is 2.24. The van der Waals surface area contributed by atoms with Gasteiger partial charge in [0.1, 0.15) is 0 Å². The van der Waals surface area contributed by atoms with E-state index in [1.807, 2.05) is 18.2 Å². The van der Waals surface area contributed by atoms with E-state index in [1.165, 1.54) is 5.56 Å². The molecule has 0 aliphatic heterocycles. The summed E-state index contributed by atoms with van der Waals surface area (Å²) >= 11 is 11.8. The molecule has 4 heteroatoms. The zero-order valence-electron chi connectivity index (χ0n) is 12.0. The third-order valence-corrected chi connectivity index (χ3v) is 4.17. The lowest BCUT2D eigenvalue weighted by atomic mass is 9.84. The van der Waals surface area contributed by atoms with Crippen LogP contribution in [-0.2, 0) is 5.41 Å². The minimum absolute atomic E-state index is 0.146. The van der Waals surface area contributed by atoms with Crippen molar-refractivity contribution in [2.45, 2.75) is 19.3 Å². The van der Waals surface area contributed by atoms with Gasteiger partial charge in [0.05, 0.1) is 10.0 Å². The molecule has 0 heterocycles. The van der Waals surface area contributed by atoms with Gasteiger partial charge in [0.25, 0.3) is 5.91 Å². The molecule has 21 heavy (non-hydrogen) atoms. The van der Waals surface area contributed by atoms with E-state index in [4.69, 9.17) is 23.2 Å². The van der Waals surface area contributed by atoms with Crippen LogP contribution in [0.15, 0.2) is 48.5 Å². The quantitative estimate of drug-likeness (QED) is 0.868. The molecule has 2 nitrogen and oxygen atoms in total. The summed E-state index contributed by atoms with van der Waals surface area (Å²) in [7, 11) is 0. The van der Waals surface area contributed by atoms with E-state index >= 15 is 0 Å². The first-order chi connectivity index (χ1) is 9.90. The van der Waals surface area contributed by atoms with E-state index in [0.29, 0.717) is 22.2 Å². The van der Waals surface area contributed by atoms with E-state index in [2.05, 4.69) is 31.3 Å². The molecule has 0 atom stereocenters. The van der Waals surface area contributed by atoms with E-state index in [1.54, 1.807) is 18.2 Å². The van der Waals surface area contributed by atoms with Gasteiger partial charge in [0.15, 0.2) is 0 Å². The number of amides is 1. The number of benzene rings is 2. The Kier molecular flexibility index (Phi) is 4.92. The Morgan fingerprint density at radius 1 is 1.05 bits per heavy atom. The third kappa shape index (κ3) is 3.99. The van der Waals surface area contributed by atoms with E-state index in [9.17, 15) is 4.79 Å². The van der Waals surface area contributed by atoms with Gasteiger partial charge < -0.3 is 5.32 Å². The first-order valence-electron chi connectivity index (χ1n) is 6.69. The second kappa shape index (κ2) is 6.50. The van der Waals surface area contributed by atoms with Crippen LogP contribution in [0.1, 0.15) is 29.8 Å². The predicted molar refractivity (Wildman–Crippen MR) is 88.3 cm³/mol. The molecule has 0 aliphatic carbocycles. The van der Waals surface area contributed by atoms with Crippen molar-refractivity contribution in [2.75, 3.05) is 6.54 Å². The van der Waals surface area contributed by atoms with Crippen LogP contribution in [-0.4, -0.2) is 12.5 Å². The molecule has 0 aliphatic rings. The molecule has 0 bridgehead atoms.